The molecule has 0 bridgehead atoms. The van der Waals surface area contributed by atoms with Crippen molar-refractivity contribution in [1.82, 2.24) is 0 Å². The molecule has 0 amide bonds. The van der Waals surface area contributed by atoms with Crippen molar-refractivity contribution in [3.63, 3.8) is 0 Å². The van der Waals surface area contributed by atoms with Gasteiger partial charge in [-0.05, 0) is 6.07 Å². The molecule has 0 aliphatic carbocycles. The molecule has 0 radical (unpaired) electrons. The van der Waals surface area contributed by atoms with E-state index in [0.717, 1.165) is 12.1 Å². The van der Waals surface area contributed by atoms with Crippen LogP contribution in [0.15, 0.2) is 12.1 Å². The summed E-state index contributed by atoms with van der Waals surface area (Å²) in [6, 6.07) is 3.41. The van der Waals surface area contributed by atoms with Crippen molar-refractivity contribution in [2.75, 3.05) is 13.2 Å². The highest BCUT2D eigenvalue weighted by atomic mass is 19.4. The third-order valence-corrected chi connectivity index (χ3v) is 2.31. The van der Waals surface area contributed by atoms with Crippen LogP contribution in [-0.2, 0) is 6.18 Å². The lowest BCUT2D eigenvalue weighted by Gasteiger charge is -2.13. The molecule has 0 fully saturated rings. The smallest absolute Gasteiger partial charge is 0.417 e. The topological polar surface area (TPSA) is 42.2 Å². The van der Waals surface area contributed by atoms with Crippen molar-refractivity contribution in [2.45, 2.75) is 12.6 Å². The number of ether oxygens (including phenoxy) is 2. The van der Waals surface area contributed by atoms with Crippen molar-refractivity contribution >= 4 is 0 Å². The minimum atomic E-state index is -4.57. The van der Waals surface area contributed by atoms with Gasteiger partial charge >= 0.3 is 6.18 Å². The second-order valence-electron chi connectivity index (χ2n) is 3.50. The number of hydrogen-bond donors (Lipinski definition) is 0. The normalized spacial score (nSPS) is 14.9. The summed E-state index contributed by atoms with van der Waals surface area (Å²) in [7, 11) is 0. The molecule has 0 saturated heterocycles. The van der Waals surface area contributed by atoms with Crippen LogP contribution in [-0.4, -0.2) is 13.2 Å². The third-order valence-electron chi connectivity index (χ3n) is 2.31. The first-order valence-corrected chi connectivity index (χ1v) is 4.93. The Morgan fingerprint density at radius 2 is 1.71 bits per heavy atom. The first-order valence-electron chi connectivity index (χ1n) is 4.93. The van der Waals surface area contributed by atoms with Gasteiger partial charge in [0.25, 0.3) is 0 Å². The van der Waals surface area contributed by atoms with Crippen molar-refractivity contribution in [3.05, 3.63) is 23.3 Å². The van der Waals surface area contributed by atoms with Gasteiger partial charge in [0.2, 0.25) is 0 Å². The monoisotopic (exact) mass is 243 g/mol. The highest BCUT2D eigenvalue weighted by Gasteiger charge is 2.35. The number of hydrogen-bond acceptors (Lipinski definition) is 3. The van der Waals surface area contributed by atoms with Gasteiger partial charge in [-0.25, -0.2) is 0 Å². The van der Waals surface area contributed by atoms with E-state index in [-0.39, 0.29) is 11.5 Å². The molecule has 0 atom stereocenters. The first kappa shape index (κ1) is 11.6. The van der Waals surface area contributed by atoms with E-state index in [0.29, 0.717) is 19.6 Å². The van der Waals surface area contributed by atoms with E-state index in [2.05, 4.69) is 0 Å². The number of nitriles is 1. The van der Waals surface area contributed by atoms with Gasteiger partial charge in [0.1, 0.15) is 0 Å². The second-order valence-corrected chi connectivity index (χ2v) is 3.50. The maximum absolute atomic E-state index is 12.7. The molecule has 1 aliphatic heterocycles. The van der Waals surface area contributed by atoms with Gasteiger partial charge in [-0.1, -0.05) is 0 Å². The van der Waals surface area contributed by atoms with E-state index >= 15 is 0 Å². The Balaban J connectivity index is 2.55. The first-order chi connectivity index (χ1) is 8.02. The van der Waals surface area contributed by atoms with Crippen LogP contribution in [0.2, 0.25) is 0 Å². The molecule has 3 nitrogen and oxygen atoms in total. The molecule has 1 aliphatic rings. The van der Waals surface area contributed by atoms with Crippen molar-refractivity contribution in [3.8, 4) is 17.6 Å². The molecule has 1 aromatic rings. The Morgan fingerprint density at radius 3 is 2.24 bits per heavy atom. The molecule has 2 rings (SSSR count). The highest BCUT2D eigenvalue weighted by Crippen LogP contribution is 2.39. The van der Waals surface area contributed by atoms with Crippen LogP contribution in [0.5, 0.6) is 11.5 Å². The summed E-state index contributed by atoms with van der Waals surface area (Å²) in [5, 5.41) is 8.71. The van der Waals surface area contributed by atoms with Gasteiger partial charge < -0.3 is 9.47 Å². The average Bonchev–Trinajstić information content (AvgIpc) is 2.50. The Labute approximate surface area is 95.4 Å². The molecule has 1 heterocycles. The summed E-state index contributed by atoms with van der Waals surface area (Å²) < 4.78 is 48.3. The molecule has 17 heavy (non-hydrogen) atoms. The molecule has 1 aromatic carbocycles. The highest BCUT2D eigenvalue weighted by molar-refractivity contribution is 5.53. The third kappa shape index (κ3) is 2.28. The lowest BCUT2D eigenvalue weighted by molar-refractivity contribution is -0.137. The lowest BCUT2D eigenvalue weighted by atomic mass is 10.1. The molecule has 0 saturated carbocycles. The van der Waals surface area contributed by atoms with Crippen LogP contribution in [0.3, 0.4) is 0 Å². The quantitative estimate of drug-likeness (QED) is 0.703. The number of alkyl halides is 3. The van der Waals surface area contributed by atoms with Crippen LogP contribution in [0.25, 0.3) is 0 Å². The minimum absolute atomic E-state index is 0.0359. The zero-order valence-electron chi connectivity index (χ0n) is 8.67. The fraction of sp³-hybridized carbons (Fsp3) is 0.364. The summed E-state index contributed by atoms with van der Waals surface area (Å²) in [6.07, 6.45) is -3.98. The minimum Gasteiger partial charge on any atom is -0.490 e. The van der Waals surface area contributed by atoms with Gasteiger partial charge in [-0.2, -0.15) is 18.4 Å². The van der Waals surface area contributed by atoms with E-state index in [1.807, 2.05) is 0 Å². The Bertz CT molecular complexity index is 477. The molecule has 0 N–H and O–H groups in total. The van der Waals surface area contributed by atoms with Gasteiger partial charge in [0.05, 0.1) is 30.4 Å². The Hall–Kier alpha value is -1.90. The van der Waals surface area contributed by atoms with E-state index in [9.17, 15) is 13.2 Å². The fourth-order valence-electron chi connectivity index (χ4n) is 1.54. The molecular formula is C11H8F3NO2. The van der Waals surface area contributed by atoms with Crippen LogP contribution >= 0.6 is 0 Å². The molecule has 0 aromatic heterocycles. The second kappa shape index (κ2) is 4.17. The van der Waals surface area contributed by atoms with Crippen molar-refractivity contribution in [1.29, 1.82) is 5.26 Å². The van der Waals surface area contributed by atoms with Gasteiger partial charge in [-0.3, -0.25) is 0 Å². The predicted octanol–water partition coefficient (Wildman–Crippen LogP) is 2.74. The van der Waals surface area contributed by atoms with E-state index in [4.69, 9.17) is 14.7 Å². The molecule has 0 unspecified atom stereocenters. The van der Waals surface area contributed by atoms with E-state index in [1.54, 1.807) is 0 Å². The Morgan fingerprint density at radius 1 is 1.12 bits per heavy atom. The van der Waals surface area contributed by atoms with Gasteiger partial charge in [0, 0.05) is 12.5 Å². The summed E-state index contributed by atoms with van der Waals surface area (Å²) in [5.74, 6) is 0.223. The SMILES string of the molecule is N#Cc1cc2c(cc1C(F)(F)F)OCCCO2. The summed E-state index contributed by atoms with van der Waals surface area (Å²) in [4.78, 5) is 0. The fourth-order valence-corrected chi connectivity index (χ4v) is 1.54. The summed E-state index contributed by atoms with van der Waals surface area (Å²) in [6.45, 7) is 0.666. The lowest BCUT2D eigenvalue weighted by Crippen LogP contribution is -2.08. The van der Waals surface area contributed by atoms with Crippen LogP contribution in [0, 0.1) is 11.3 Å². The zero-order chi connectivity index (χ0) is 12.5. The van der Waals surface area contributed by atoms with Crippen LogP contribution in [0.1, 0.15) is 17.5 Å². The molecule has 0 spiro atoms. The van der Waals surface area contributed by atoms with Crippen LogP contribution < -0.4 is 9.47 Å². The number of halogens is 3. The summed E-state index contributed by atoms with van der Waals surface area (Å²) in [5.41, 5.74) is -1.45. The number of fused-ring (bicyclic) bond motifs is 1. The van der Waals surface area contributed by atoms with Crippen molar-refractivity contribution < 1.29 is 22.6 Å². The molecule has 90 valence electrons. The van der Waals surface area contributed by atoms with Crippen LogP contribution in [0.4, 0.5) is 13.2 Å². The molecule has 6 heteroatoms. The van der Waals surface area contributed by atoms with E-state index in [1.165, 1.54) is 6.07 Å². The molecular weight excluding hydrogens is 235 g/mol. The largest absolute Gasteiger partial charge is 0.490 e. The number of benzene rings is 1. The standard InChI is InChI=1S/C11H8F3NO2/c12-11(13,14)8-5-10-9(4-7(8)6-15)16-2-1-3-17-10/h4-5H,1-3H2. The van der Waals surface area contributed by atoms with Gasteiger partial charge in [0.15, 0.2) is 11.5 Å². The zero-order valence-corrected chi connectivity index (χ0v) is 8.67. The predicted molar refractivity (Wildman–Crippen MR) is 51.8 cm³/mol. The number of rotatable bonds is 0. The maximum atomic E-state index is 12.7. The van der Waals surface area contributed by atoms with E-state index < -0.39 is 17.3 Å². The summed E-state index contributed by atoms with van der Waals surface area (Å²) >= 11 is 0. The Kier molecular flexibility index (Phi) is 2.84. The van der Waals surface area contributed by atoms with Crippen molar-refractivity contribution in [2.24, 2.45) is 0 Å². The maximum Gasteiger partial charge on any atom is 0.417 e. The number of nitrogens with zero attached hydrogens (tertiary/aromatic N) is 1. The average molecular weight is 243 g/mol. The van der Waals surface area contributed by atoms with Gasteiger partial charge in [-0.15, -0.1) is 0 Å².